The van der Waals surface area contributed by atoms with Crippen LogP contribution in [0.25, 0.3) is 11.1 Å². The zero-order valence-corrected chi connectivity index (χ0v) is 10.1. The van der Waals surface area contributed by atoms with Gasteiger partial charge < -0.3 is 14.9 Å². The Morgan fingerprint density at radius 3 is 3.12 bits per heavy atom. The minimum Gasteiger partial charge on any atom is -0.431 e. The number of methoxy groups -OCH3 is 1. The van der Waals surface area contributed by atoms with Crippen molar-refractivity contribution in [3.63, 3.8) is 0 Å². The summed E-state index contributed by atoms with van der Waals surface area (Å²) in [4.78, 5) is 4.34. The maximum atomic E-state index is 5.67. The first kappa shape index (κ1) is 11.3. The Hall–Kier alpha value is -1.20. The first-order valence-electron chi connectivity index (χ1n) is 5.00. The number of aromatic nitrogens is 1. The van der Waals surface area contributed by atoms with Crippen LogP contribution in [0, 0.1) is 0 Å². The highest BCUT2D eigenvalue weighted by Crippen LogP contribution is 2.25. The van der Waals surface area contributed by atoms with E-state index in [-0.39, 0.29) is 6.10 Å². The van der Waals surface area contributed by atoms with E-state index in [4.69, 9.17) is 14.9 Å². The third-order valence-electron chi connectivity index (χ3n) is 2.24. The van der Waals surface area contributed by atoms with Crippen LogP contribution in [0.15, 0.2) is 27.8 Å². The summed E-state index contributed by atoms with van der Waals surface area (Å²) in [6.45, 7) is 2.01. The highest BCUT2D eigenvalue weighted by Gasteiger charge is 2.08. The van der Waals surface area contributed by atoms with Gasteiger partial charge in [-0.1, -0.05) is 11.8 Å². The molecule has 0 spiro atoms. The fraction of sp³-hybridized carbons (Fsp3) is 0.364. The Morgan fingerprint density at radius 1 is 1.56 bits per heavy atom. The van der Waals surface area contributed by atoms with E-state index in [1.54, 1.807) is 24.9 Å². The number of oxazole rings is 1. The van der Waals surface area contributed by atoms with Crippen molar-refractivity contribution in [1.82, 2.24) is 4.98 Å². The van der Waals surface area contributed by atoms with Crippen LogP contribution in [0.1, 0.15) is 6.92 Å². The molecule has 0 amide bonds. The molecule has 0 bridgehead atoms. The molecule has 1 aromatic heterocycles. The Balaban J connectivity index is 2.13. The number of hydrogen-bond acceptors (Lipinski definition) is 5. The molecular formula is C11H14N2O2S. The van der Waals surface area contributed by atoms with Gasteiger partial charge in [0.1, 0.15) is 5.52 Å². The first-order chi connectivity index (χ1) is 7.69. The smallest absolute Gasteiger partial charge is 0.256 e. The maximum Gasteiger partial charge on any atom is 0.256 e. The van der Waals surface area contributed by atoms with Gasteiger partial charge in [0.05, 0.1) is 6.10 Å². The van der Waals surface area contributed by atoms with Crippen LogP contribution in [-0.2, 0) is 4.74 Å². The van der Waals surface area contributed by atoms with E-state index in [0.717, 1.165) is 16.9 Å². The number of benzene rings is 1. The lowest BCUT2D eigenvalue weighted by Crippen LogP contribution is -2.07. The minimum absolute atomic E-state index is 0.185. The molecule has 0 radical (unpaired) electrons. The summed E-state index contributed by atoms with van der Waals surface area (Å²) in [6.07, 6.45) is 0.185. The van der Waals surface area contributed by atoms with Gasteiger partial charge in [0, 0.05) is 18.6 Å². The van der Waals surface area contributed by atoms with Gasteiger partial charge in [-0.25, -0.2) is 4.98 Å². The van der Waals surface area contributed by atoms with Crippen LogP contribution in [0.3, 0.4) is 0 Å². The van der Waals surface area contributed by atoms with Crippen LogP contribution >= 0.6 is 11.8 Å². The van der Waals surface area contributed by atoms with E-state index >= 15 is 0 Å². The molecule has 86 valence electrons. The van der Waals surface area contributed by atoms with Crippen molar-refractivity contribution in [3.8, 4) is 0 Å². The maximum absolute atomic E-state index is 5.67. The molecule has 0 saturated carbocycles. The molecule has 0 aliphatic rings. The predicted octanol–water partition coefficient (Wildman–Crippen LogP) is 2.54. The molecule has 2 rings (SSSR count). The van der Waals surface area contributed by atoms with Gasteiger partial charge in [-0.2, -0.15) is 0 Å². The summed E-state index contributed by atoms with van der Waals surface area (Å²) < 4.78 is 10.7. The normalized spacial score (nSPS) is 13.1. The van der Waals surface area contributed by atoms with Crippen molar-refractivity contribution < 1.29 is 9.15 Å². The van der Waals surface area contributed by atoms with Crippen molar-refractivity contribution in [2.24, 2.45) is 0 Å². The molecule has 2 N–H and O–H groups in total. The van der Waals surface area contributed by atoms with Crippen molar-refractivity contribution in [3.05, 3.63) is 18.2 Å². The van der Waals surface area contributed by atoms with E-state index in [2.05, 4.69) is 4.98 Å². The number of thioether (sulfide) groups is 1. The van der Waals surface area contributed by atoms with Crippen LogP contribution in [0.2, 0.25) is 0 Å². The molecule has 1 aromatic carbocycles. The summed E-state index contributed by atoms with van der Waals surface area (Å²) in [5.41, 5.74) is 7.93. The Kier molecular flexibility index (Phi) is 3.36. The van der Waals surface area contributed by atoms with E-state index in [9.17, 15) is 0 Å². The molecule has 4 nitrogen and oxygen atoms in total. The van der Waals surface area contributed by atoms with Crippen LogP contribution in [0.5, 0.6) is 0 Å². The zero-order valence-electron chi connectivity index (χ0n) is 9.27. The third kappa shape index (κ3) is 2.48. The van der Waals surface area contributed by atoms with E-state index in [1.165, 1.54) is 0 Å². The summed E-state index contributed by atoms with van der Waals surface area (Å²) in [7, 11) is 1.69. The molecule has 0 aliphatic carbocycles. The third-order valence-corrected chi connectivity index (χ3v) is 3.29. The number of anilines is 1. The number of ether oxygens (including phenoxy) is 1. The fourth-order valence-corrected chi connectivity index (χ4v) is 2.07. The van der Waals surface area contributed by atoms with Gasteiger partial charge in [-0.05, 0) is 25.1 Å². The first-order valence-corrected chi connectivity index (χ1v) is 5.99. The monoisotopic (exact) mass is 238 g/mol. The van der Waals surface area contributed by atoms with Crippen molar-refractivity contribution in [2.75, 3.05) is 18.6 Å². The van der Waals surface area contributed by atoms with Crippen molar-refractivity contribution >= 4 is 28.5 Å². The Morgan fingerprint density at radius 2 is 2.38 bits per heavy atom. The topological polar surface area (TPSA) is 61.3 Å². The van der Waals surface area contributed by atoms with Gasteiger partial charge in [0.25, 0.3) is 5.22 Å². The number of nitrogens with zero attached hydrogens (tertiary/aromatic N) is 1. The largest absolute Gasteiger partial charge is 0.431 e. The molecule has 0 fully saturated rings. The fourth-order valence-electron chi connectivity index (χ4n) is 1.24. The van der Waals surface area contributed by atoms with Gasteiger partial charge in [-0.3, -0.25) is 0 Å². The highest BCUT2D eigenvalue weighted by molar-refractivity contribution is 7.99. The molecule has 1 unspecified atom stereocenters. The molecule has 1 atom stereocenters. The van der Waals surface area contributed by atoms with Gasteiger partial charge in [-0.15, -0.1) is 0 Å². The van der Waals surface area contributed by atoms with E-state index in [0.29, 0.717) is 10.9 Å². The number of hydrogen-bond donors (Lipinski definition) is 1. The lowest BCUT2D eigenvalue weighted by molar-refractivity contribution is 0.137. The van der Waals surface area contributed by atoms with Crippen LogP contribution < -0.4 is 5.73 Å². The molecule has 5 heteroatoms. The van der Waals surface area contributed by atoms with Crippen molar-refractivity contribution in [2.45, 2.75) is 18.3 Å². The quantitative estimate of drug-likeness (QED) is 0.655. The minimum atomic E-state index is 0.185. The van der Waals surface area contributed by atoms with Crippen molar-refractivity contribution in [1.29, 1.82) is 0 Å². The SMILES string of the molecule is COC(C)CSc1nc2cc(N)ccc2o1. The lowest BCUT2D eigenvalue weighted by Gasteiger charge is -2.05. The molecule has 0 saturated heterocycles. The molecule has 1 heterocycles. The zero-order chi connectivity index (χ0) is 11.5. The van der Waals surface area contributed by atoms with Gasteiger partial charge in [0.15, 0.2) is 5.58 Å². The van der Waals surface area contributed by atoms with E-state index < -0.39 is 0 Å². The second kappa shape index (κ2) is 4.76. The second-order valence-electron chi connectivity index (χ2n) is 3.56. The average Bonchev–Trinajstić information content (AvgIpc) is 2.67. The molecule has 0 aliphatic heterocycles. The summed E-state index contributed by atoms with van der Waals surface area (Å²) >= 11 is 1.54. The number of fused-ring (bicyclic) bond motifs is 1. The number of nitrogen functional groups attached to an aromatic ring is 1. The molecule has 2 aromatic rings. The Labute approximate surface area is 98.2 Å². The highest BCUT2D eigenvalue weighted by atomic mass is 32.2. The Bertz CT molecular complexity index is 484. The van der Waals surface area contributed by atoms with E-state index in [1.807, 2.05) is 19.1 Å². The van der Waals surface area contributed by atoms with Crippen LogP contribution in [-0.4, -0.2) is 24.0 Å². The molecular weight excluding hydrogens is 224 g/mol. The second-order valence-corrected chi connectivity index (χ2v) is 4.54. The van der Waals surface area contributed by atoms with Crippen LogP contribution in [0.4, 0.5) is 5.69 Å². The van der Waals surface area contributed by atoms with Gasteiger partial charge in [0.2, 0.25) is 0 Å². The average molecular weight is 238 g/mol. The lowest BCUT2D eigenvalue weighted by atomic mass is 10.3. The predicted molar refractivity (Wildman–Crippen MR) is 65.6 cm³/mol. The number of nitrogens with two attached hydrogens (primary N) is 1. The standard InChI is InChI=1S/C11H14N2O2S/c1-7(14-2)6-16-11-13-9-5-8(12)3-4-10(9)15-11/h3-5,7H,6,12H2,1-2H3. The summed E-state index contributed by atoms with van der Waals surface area (Å²) in [5, 5.41) is 0.657. The van der Waals surface area contributed by atoms with Gasteiger partial charge >= 0.3 is 0 Å². The molecule has 16 heavy (non-hydrogen) atoms. The summed E-state index contributed by atoms with van der Waals surface area (Å²) in [6, 6.07) is 5.45. The summed E-state index contributed by atoms with van der Waals surface area (Å²) in [5.74, 6) is 0.818. The number of rotatable bonds is 4.